The number of nitrogens with zero attached hydrogens (tertiary/aromatic N) is 2. The van der Waals surface area contributed by atoms with Gasteiger partial charge in [-0.25, -0.2) is 0 Å². The number of hydrogen-bond acceptors (Lipinski definition) is 4. The lowest BCUT2D eigenvalue weighted by atomic mass is 10.2. The molecule has 0 saturated carbocycles. The normalized spacial score (nSPS) is 11.7. The Labute approximate surface area is 111 Å². The second kappa shape index (κ2) is 7.56. The third-order valence-electron chi connectivity index (χ3n) is 2.99. The molecule has 1 rings (SSSR count). The van der Waals surface area contributed by atoms with Crippen LogP contribution >= 0.6 is 0 Å². The van der Waals surface area contributed by atoms with Gasteiger partial charge in [0.25, 0.3) is 0 Å². The summed E-state index contributed by atoms with van der Waals surface area (Å²) < 4.78 is 5.74. The van der Waals surface area contributed by atoms with Crippen molar-refractivity contribution < 1.29 is 4.42 Å². The molecule has 0 bridgehead atoms. The van der Waals surface area contributed by atoms with E-state index in [1.807, 2.05) is 6.92 Å². The van der Waals surface area contributed by atoms with Gasteiger partial charge in [0.05, 0.1) is 6.54 Å². The predicted octanol–water partition coefficient (Wildman–Crippen LogP) is 1.69. The third-order valence-corrected chi connectivity index (χ3v) is 2.99. The highest BCUT2D eigenvalue weighted by atomic mass is 16.3. The van der Waals surface area contributed by atoms with Crippen LogP contribution in [-0.4, -0.2) is 50.6 Å². The highest BCUT2D eigenvalue weighted by Gasteiger charge is 2.09. The van der Waals surface area contributed by atoms with Crippen molar-refractivity contribution >= 4 is 0 Å². The van der Waals surface area contributed by atoms with Gasteiger partial charge >= 0.3 is 0 Å². The second-order valence-electron chi connectivity index (χ2n) is 5.12. The first-order chi connectivity index (χ1) is 8.52. The van der Waals surface area contributed by atoms with E-state index in [0.29, 0.717) is 0 Å². The van der Waals surface area contributed by atoms with Crippen molar-refractivity contribution in [1.82, 2.24) is 15.1 Å². The molecule has 0 spiro atoms. The Kier molecular flexibility index (Phi) is 6.39. The Bertz CT molecular complexity index is 347. The number of aryl methyl sites for hydroxylation is 1. The van der Waals surface area contributed by atoms with Gasteiger partial charge in [-0.1, -0.05) is 6.92 Å². The number of rotatable bonds is 8. The second-order valence-corrected chi connectivity index (χ2v) is 5.12. The van der Waals surface area contributed by atoms with Gasteiger partial charge in [-0.2, -0.15) is 0 Å². The predicted molar refractivity (Wildman–Crippen MR) is 75.7 cm³/mol. The molecule has 18 heavy (non-hydrogen) atoms. The molecule has 1 N–H and O–H groups in total. The number of likely N-dealkylation sites (N-methyl/N-ethyl adjacent to an activating group) is 2. The molecule has 1 heterocycles. The maximum atomic E-state index is 5.74. The molecule has 104 valence electrons. The van der Waals surface area contributed by atoms with Crippen LogP contribution < -0.4 is 5.32 Å². The molecule has 0 atom stereocenters. The van der Waals surface area contributed by atoms with E-state index >= 15 is 0 Å². The summed E-state index contributed by atoms with van der Waals surface area (Å²) in [6, 6.07) is 2.17. The van der Waals surface area contributed by atoms with Crippen molar-refractivity contribution in [3.8, 4) is 0 Å². The molecule has 4 nitrogen and oxygen atoms in total. The zero-order valence-electron chi connectivity index (χ0n) is 12.4. The van der Waals surface area contributed by atoms with E-state index in [1.165, 1.54) is 5.56 Å². The maximum Gasteiger partial charge on any atom is 0.118 e. The summed E-state index contributed by atoms with van der Waals surface area (Å²) in [5, 5.41) is 3.28. The molecule has 1 aromatic rings. The molecule has 0 fully saturated rings. The SMILES string of the molecule is CCNCc1cc(CN(C)CCN(C)C)c(C)o1. The van der Waals surface area contributed by atoms with E-state index in [9.17, 15) is 0 Å². The lowest BCUT2D eigenvalue weighted by molar-refractivity contribution is 0.275. The van der Waals surface area contributed by atoms with Crippen molar-refractivity contribution in [3.63, 3.8) is 0 Å². The molecular weight excluding hydrogens is 226 g/mol. The first-order valence-electron chi connectivity index (χ1n) is 6.65. The number of hydrogen-bond donors (Lipinski definition) is 1. The lowest BCUT2D eigenvalue weighted by Crippen LogP contribution is -2.28. The van der Waals surface area contributed by atoms with Crippen molar-refractivity contribution in [3.05, 3.63) is 23.2 Å². The van der Waals surface area contributed by atoms with Crippen LogP contribution in [0.1, 0.15) is 24.0 Å². The van der Waals surface area contributed by atoms with E-state index in [1.54, 1.807) is 0 Å². The fourth-order valence-electron chi connectivity index (χ4n) is 1.82. The number of furan rings is 1. The first-order valence-corrected chi connectivity index (χ1v) is 6.65. The fourth-order valence-corrected chi connectivity index (χ4v) is 1.82. The van der Waals surface area contributed by atoms with E-state index in [0.717, 1.165) is 44.2 Å². The first kappa shape index (κ1) is 15.2. The van der Waals surface area contributed by atoms with E-state index in [2.05, 4.69) is 49.2 Å². The Balaban J connectivity index is 2.47. The summed E-state index contributed by atoms with van der Waals surface area (Å²) >= 11 is 0. The Morgan fingerprint density at radius 2 is 1.94 bits per heavy atom. The van der Waals surface area contributed by atoms with E-state index < -0.39 is 0 Å². The molecule has 4 heteroatoms. The van der Waals surface area contributed by atoms with Crippen molar-refractivity contribution in [2.45, 2.75) is 26.9 Å². The van der Waals surface area contributed by atoms with Crippen LogP contribution in [0.25, 0.3) is 0 Å². The van der Waals surface area contributed by atoms with E-state index in [-0.39, 0.29) is 0 Å². The molecule has 0 radical (unpaired) electrons. The van der Waals surface area contributed by atoms with Crippen molar-refractivity contribution in [2.75, 3.05) is 40.8 Å². The Morgan fingerprint density at radius 1 is 1.22 bits per heavy atom. The summed E-state index contributed by atoms with van der Waals surface area (Å²) in [5.41, 5.74) is 1.30. The quantitative estimate of drug-likeness (QED) is 0.764. The van der Waals surface area contributed by atoms with Crippen LogP contribution in [0.2, 0.25) is 0 Å². The van der Waals surface area contributed by atoms with Gasteiger partial charge in [-0.05, 0) is 40.7 Å². The van der Waals surface area contributed by atoms with Gasteiger partial charge in [-0.3, -0.25) is 0 Å². The third kappa shape index (κ3) is 5.21. The van der Waals surface area contributed by atoms with Crippen molar-refractivity contribution in [2.24, 2.45) is 0 Å². The highest BCUT2D eigenvalue weighted by molar-refractivity contribution is 5.20. The molecule has 0 amide bonds. The van der Waals surface area contributed by atoms with Gasteiger partial charge in [0.1, 0.15) is 11.5 Å². The Hall–Kier alpha value is -0.840. The largest absolute Gasteiger partial charge is 0.465 e. The molecule has 1 aromatic heterocycles. The standard InChI is InChI=1S/C14H27N3O/c1-6-15-10-14-9-13(12(2)18-14)11-17(5)8-7-16(3)4/h9,15H,6-8,10-11H2,1-5H3. The summed E-state index contributed by atoms with van der Waals surface area (Å²) in [7, 11) is 6.36. The lowest BCUT2D eigenvalue weighted by Gasteiger charge is -2.18. The molecular formula is C14H27N3O. The molecule has 0 aliphatic heterocycles. The van der Waals surface area contributed by atoms with Crippen LogP contribution in [-0.2, 0) is 13.1 Å². The van der Waals surface area contributed by atoms with Crippen LogP contribution in [0.4, 0.5) is 0 Å². The smallest absolute Gasteiger partial charge is 0.118 e. The highest BCUT2D eigenvalue weighted by Crippen LogP contribution is 2.16. The minimum atomic E-state index is 0.818. The molecule has 0 aliphatic carbocycles. The summed E-state index contributed by atoms with van der Waals surface area (Å²) in [4.78, 5) is 4.53. The average Bonchev–Trinajstić information content (AvgIpc) is 2.65. The zero-order valence-corrected chi connectivity index (χ0v) is 12.4. The van der Waals surface area contributed by atoms with Gasteiger partial charge < -0.3 is 19.5 Å². The number of nitrogens with one attached hydrogen (secondary N) is 1. The molecule has 0 aromatic carbocycles. The van der Waals surface area contributed by atoms with Gasteiger partial charge in [-0.15, -0.1) is 0 Å². The minimum absolute atomic E-state index is 0.818. The van der Waals surface area contributed by atoms with Gasteiger partial charge in [0, 0.05) is 25.2 Å². The van der Waals surface area contributed by atoms with Crippen LogP contribution in [0.3, 0.4) is 0 Å². The topological polar surface area (TPSA) is 31.6 Å². The molecule has 0 unspecified atom stereocenters. The van der Waals surface area contributed by atoms with Crippen LogP contribution in [0, 0.1) is 6.92 Å². The fraction of sp³-hybridized carbons (Fsp3) is 0.714. The molecule has 0 saturated heterocycles. The van der Waals surface area contributed by atoms with E-state index in [4.69, 9.17) is 4.42 Å². The van der Waals surface area contributed by atoms with Crippen LogP contribution in [0.5, 0.6) is 0 Å². The van der Waals surface area contributed by atoms with Crippen LogP contribution in [0.15, 0.2) is 10.5 Å². The average molecular weight is 253 g/mol. The minimum Gasteiger partial charge on any atom is -0.465 e. The molecule has 0 aliphatic rings. The maximum absolute atomic E-state index is 5.74. The summed E-state index contributed by atoms with van der Waals surface area (Å²) in [6.07, 6.45) is 0. The summed E-state index contributed by atoms with van der Waals surface area (Å²) in [5.74, 6) is 2.07. The van der Waals surface area contributed by atoms with Crippen molar-refractivity contribution in [1.29, 1.82) is 0 Å². The van der Waals surface area contributed by atoms with Gasteiger partial charge in [0.15, 0.2) is 0 Å². The monoisotopic (exact) mass is 253 g/mol. The van der Waals surface area contributed by atoms with Gasteiger partial charge in [0.2, 0.25) is 0 Å². The Morgan fingerprint density at radius 3 is 2.56 bits per heavy atom. The zero-order chi connectivity index (χ0) is 13.5. The summed E-state index contributed by atoms with van der Waals surface area (Å²) in [6.45, 7) is 9.04.